The third-order valence-electron chi connectivity index (χ3n) is 3.55. The molecule has 0 amide bonds. The Morgan fingerprint density at radius 2 is 1.52 bits per heavy atom. The number of thiocarbonyl (C=S) groups is 1. The molecule has 0 aromatic heterocycles. The van der Waals surface area contributed by atoms with Gasteiger partial charge in [0.05, 0.1) is 0 Å². The van der Waals surface area contributed by atoms with Gasteiger partial charge in [-0.05, 0) is 54.7 Å². The monoisotopic (exact) mass is 298 g/mol. The van der Waals surface area contributed by atoms with Crippen molar-refractivity contribution in [3.05, 3.63) is 59.2 Å². The minimum atomic E-state index is 0.455. The number of hydrogen-bond donors (Lipinski definition) is 2. The molecule has 0 aliphatic rings. The quantitative estimate of drug-likeness (QED) is 0.758. The zero-order chi connectivity index (χ0) is 15.4. The van der Waals surface area contributed by atoms with Crippen molar-refractivity contribution in [2.45, 2.75) is 33.6 Å². The predicted molar refractivity (Wildman–Crippen MR) is 96.3 cm³/mol. The van der Waals surface area contributed by atoms with Crippen molar-refractivity contribution in [1.82, 2.24) is 0 Å². The van der Waals surface area contributed by atoms with Crippen molar-refractivity contribution < 1.29 is 0 Å². The third-order valence-corrected chi connectivity index (χ3v) is 3.75. The molecule has 0 aliphatic carbocycles. The summed E-state index contributed by atoms with van der Waals surface area (Å²) in [5.41, 5.74) is 5.80. The van der Waals surface area contributed by atoms with Crippen LogP contribution < -0.4 is 10.6 Å². The van der Waals surface area contributed by atoms with Gasteiger partial charge < -0.3 is 10.6 Å². The molecule has 0 bridgehead atoms. The molecule has 2 aromatic carbocycles. The van der Waals surface area contributed by atoms with Crippen molar-refractivity contribution in [2.75, 3.05) is 10.6 Å². The first-order valence-corrected chi connectivity index (χ1v) is 7.63. The van der Waals surface area contributed by atoms with Gasteiger partial charge in [0.15, 0.2) is 5.11 Å². The molecule has 0 radical (unpaired) electrons. The summed E-state index contributed by atoms with van der Waals surface area (Å²) in [4.78, 5) is 0. The van der Waals surface area contributed by atoms with Gasteiger partial charge in [-0.2, -0.15) is 0 Å². The molecule has 2 nitrogen and oxygen atoms in total. The number of para-hydroxylation sites is 2. The topological polar surface area (TPSA) is 24.1 Å². The molecule has 0 unspecified atom stereocenters. The van der Waals surface area contributed by atoms with E-state index in [2.05, 4.69) is 74.7 Å². The molecule has 2 rings (SSSR count). The molecule has 0 fully saturated rings. The van der Waals surface area contributed by atoms with Crippen LogP contribution in [0.2, 0.25) is 0 Å². The fourth-order valence-electron chi connectivity index (χ4n) is 2.39. The van der Waals surface area contributed by atoms with Gasteiger partial charge >= 0.3 is 0 Å². The summed E-state index contributed by atoms with van der Waals surface area (Å²) in [5.74, 6) is 0.455. The van der Waals surface area contributed by atoms with Crippen molar-refractivity contribution >= 4 is 28.7 Å². The molecule has 0 heterocycles. The zero-order valence-corrected chi connectivity index (χ0v) is 13.8. The Kier molecular flexibility index (Phi) is 4.97. The van der Waals surface area contributed by atoms with E-state index in [4.69, 9.17) is 12.2 Å². The standard InChI is InChI=1S/C18H22N2S/c1-12(2)15-10-5-6-11-16(15)19-18(21)20-17-13(3)8-7-9-14(17)4/h5-12H,1-4H3,(H2,19,20,21). The van der Waals surface area contributed by atoms with Crippen LogP contribution in [0.5, 0.6) is 0 Å². The first-order valence-electron chi connectivity index (χ1n) is 7.22. The van der Waals surface area contributed by atoms with E-state index in [0.717, 1.165) is 11.4 Å². The zero-order valence-electron chi connectivity index (χ0n) is 13.0. The number of aryl methyl sites for hydroxylation is 2. The summed E-state index contributed by atoms with van der Waals surface area (Å²) >= 11 is 5.46. The van der Waals surface area contributed by atoms with E-state index in [1.807, 2.05) is 6.07 Å². The number of benzene rings is 2. The van der Waals surface area contributed by atoms with Gasteiger partial charge in [0, 0.05) is 11.4 Å². The van der Waals surface area contributed by atoms with Crippen LogP contribution in [0.3, 0.4) is 0 Å². The van der Waals surface area contributed by atoms with Gasteiger partial charge in [0.2, 0.25) is 0 Å². The van der Waals surface area contributed by atoms with E-state index in [1.165, 1.54) is 16.7 Å². The van der Waals surface area contributed by atoms with Gasteiger partial charge in [-0.25, -0.2) is 0 Å². The Bertz CT molecular complexity index is 627. The molecule has 3 heteroatoms. The van der Waals surface area contributed by atoms with Gasteiger partial charge in [-0.3, -0.25) is 0 Å². The molecule has 0 spiro atoms. The minimum Gasteiger partial charge on any atom is -0.332 e. The van der Waals surface area contributed by atoms with Crippen LogP contribution in [0.15, 0.2) is 42.5 Å². The van der Waals surface area contributed by atoms with E-state index < -0.39 is 0 Å². The lowest BCUT2D eigenvalue weighted by Crippen LogP contribution is -2.21. The highest BCUT2D eigenvalue weighted by Crippen LogP contribution is 2.24. The van der Waals surface area contributed by atoms with E-state index in [1.54, 1.807) is 0 Å². The van der Waals surface area contributed by atoms with Crippen LogP contribution in [0, 0.1) is 13.8 Å². The lowest BCUT2D eigenvalue weighted by atomic mass is 10.0. The first-order chi connectivity index (χ1) is 9.99. The number of hydrogen-bond acceptors (Lipinski definition) is 1. The first kappa shape index (κ1) is 15.5. The maximum Gasteiger partial charge on any atom is 0.175 e. The van der Waals surface area contributed by atoms with E-state index in [-0.39, 0.29) is 0 Å². The Labute approximate surface area is 132 Å². The van der Waals surface area contributed by atoms with Crippen LogP contribution in [0.1, 0.15) is 36.5 Å². The van der Waals surface area contributed by atoms with Gasteiger partial charge in [0.1, 0.15) is 0 Å². The second kappa shape index (κ2) is 6.72. The third kappa shape index (κ3) is 3.82. The van der Waals surface area contributed by atoms with Crippen molar-refractivity contribution in [2.24, 2.45) is 0 Å². The molecule has 2 N–H and O–H groups in total. The maximum absolute atomic E-state index is 5.46. The average molecular weight is 298 g/mol. The van der Waals surface area contributed by atoms with Gasteiger partial charge in [-0.1, -0.05) is 50.2 Å². The van der Waals surface area contributed by atoms with Crippen molar-refractivity contribution in [3.63, 3.8) is 0 Å². The summed E-state index contributed by atoms with van der Waals surface area (Å²) in [7, 11) is 0. The molecule has 21 heavy (non-hydrogen) atoms. The summed E-state index contributed by atoms with van der Waals surface area (Å²) in [5, 5.41) is 7.25. The fraction of sp³-hybridized carbons (Fsp3) is 0.278. The second-order valence-corrected chi connectivity index (χ2v) is 6.00. The van der Waals surface area contributed by atoms with E-state index in [0.29, 0.717) is 11.0 Å². The molecule has 0 saturated carbocycles. The van der Waals surface area contributed by atoms with Gasteiger partial charge in [0.25, 0.3) is 0 Å². The Morgan fingerprint density at radius 3 is 2.14 bits per heavy atom. The minimum absolute atomic E-state index is 0.455. The Morgan fingerprint density at radius 1 is 0.905 bits per heavy atom. The summed E-state index contributed by atoms with van der Waals surface area (Å²) in [6.45, 7) is 8.53. The number of anilines is 2. The molecular weight excluding hydrogens is 276 g/mol. The molecule has 2 aromatic rings. The fourth-order valence-corrected chi connectivity index (χ4v) is 2.61. The molecule has 0 saturated heterocycles. The highest BCUT2D eigenvalue weighted by molar-refractivity contribution is 7.80. The highest BCUT2D eigenvalue weighted by atomic mass is 32.1. The van der Waals surface area contributed by atoms with Crippen LogP contribution in [-0.4, -0.2) is 5.11 Å². The number of nitrogens with one attached hydrogen (secondary N) is 2. The van der Waals surface area contributed by atoms with Crippen LogP contribution in [0.25, 0.3) is 0 Å². The van der Waals surface area contributed by atoms with Crippen LogP contribution in [0.4, 0.5) is 11.4 Å². The van der Waals surface area contributed by atoms with E-state index >= 15 is 0 Å². The van der Waals surface area contributed by atoms with Crippen molar-refractivity contribution in [3.8, 4) is 0 Å². The molecule has 0 aliphatic heterocycles. The molecule has 0 atom stereocenters. The summed E-state index contributed by atoms with van der Waals surface area (Å²) < 4.78 is 0. The Balaban J connectivity index is 2.16. The van der Waals surface area contributed by atoms with E-state index in [9.17, 15) is 0 Å². The predicted octanol–water partition coefficient (Wildman–Crippen LogP) is 5.24. The van der Waals surface area contributed by atoms with Gasteiger partial charge in [-0.15, -0.1) is 0 Å². The highest BCUT2D eigenvalue weighted by Gasteiger charge is 2.08. The smallest absolute Gasteiger partial charge is 0.175 e. The summed E-state index contributed by atoms with van der Waals surface area (Å²) in [6.07, 6.45) is 0. The van der Waals surface area contributed by atoms with Crippen molar-refractivity contribution in [1.29, 1.82) is 0 Å². The largest absolute Gasteiger partial charge is 0.332 e. The Hall–Kier alpha value is -1.87. The number of rotatable bonds is 3. The SMILES string of the molecule is Cc1cccc(C)c1NC(=S)Nc1ccccc1C(C)C. The second-order valence-electron chi connectivity index (χ2n) is 5.59. The summed E-state index contributed by atoms with van der Waals surface area (Å²) in [6, 6.07) is 14.5. The van der Waals surface area contributed by atoms with Crippen LogP contribution in [-0.2, 0) is 0 Å². The lowest BCUT2D eigenvalue weighted by Gasteiger charge is -2.18. The molecular formula is C18H22N2S. The lowest BCUT2D eigenvalue weighted by molar-refractivity contribution is 0.869. The maximum atomic E-state index is 5.46. The molecule has 110 valence electrons. The normalized spacial score (nSPS) is 10.5. The van der Waals surface area contributed by atoms with Crippen LogP contribution >= 0.6 is 12.2 Å². The average Bonchev–Trinajstić information content (AvgIpc) is 2.43.